The fourth-order valence-electron chi connectivity index (χ4n) is 1.45. The Kier molecular flexibility index (Phi) is 3.94. The van der Waals surface area contributed by atoms with Crippen molar-refractivity contribution in [2.24, 2.45) is 0 Å². The molecular weight excluding hydrogens is 296 g/mol. The molecule has 0 amide bonds. The number of aromatic carboxylic acids is 1. The molecule has 5 heteroatoms. The molecule has 92 valence electrons. The third kappa shape index (κ3) is 3.30. The predicted octanol–water partition coefficient (Wildman–Crippen LogP) is 3.15. The molecule has 1 aromatic heterocycles. The van der Waals surface area contributed by atoms with Crippen LogP contribution in [-0.4, -0.2) is 16.1 Å². The van der Waals surface area contributed by atoms with Crippen molar-refractivity contribution in [3.05, 3.63) is 58.3 Å². The molecule has 0 saturated heterocycles. The maximum absolute atomic E-state index is 10.7. The van der Waals surface area contributed by atoms with E-state index in [1.807, 2.05) is 12.1 Å². The summed E-state index contributed by atoms with van der Waals surface area (Å²) < 4.78 is 0.791. The number of halogens is 1. The summed E-state index contributed by atoms with van der Waals surface area (Å²) in [6.45, 7) is 0.628. The number of pyridine rings is 1. The summed E-state index contributed by atoms with van der Waals surface area (Å²) in [6.07, 6.45) is 1.73. The molecule has 0 unspecified atom stereocenters. The number of carboxylic acid groups (broad SMARTS) is 1. The first-order chi connectivity index (χ1) is 8.65. The van der Waals surface area contributed by atoms with Crippen molar-refractivity contribution in [2.45, 2.75) is 6.54 Å². The number of carboxylic acids is 1. The summed E-state index contributed by atoms with van der Waals surface area (Å²) in [5.74, 6) is -0.911. The number of aromatic nitrogens is 1. The van der Waals surface area contributed by atoms with E-state index >= 15 is 0 Å². The number of nitrogens with zero attached hydrogens (tertiary/aromatic N) is 1. The summed E-state index contributed by atoms with van der Waals surface area (Å²) in [4.78, 5) is 14.8. The smallest absolute Gasteiger partial charge is 0.335 e. The molecule has 0 spiro atoms. The van der Waals surface area contributed by atoms with Crippen LogP contribution >= 0.6 is 15.9 Å². The lowest BCUT2D eigenvalue weighted by atomic mass is 10.1. The SMILES string of the molecule is O=C(O)c1ccc(CNc2ccc(Br)nc2)cc1. The minimum atomic E-state index is -0.911. The number of hydrogen-bond acceptors (Lipinski definition) is 3. The van der Waals surface area contributed by atoms with Gasteiger partial charge in [-0.15, -0.1) is 0 Å². The van der Waals surface area contributed by atoms with E-state index in [-0.39, 0.29) is 0 Å². The Morgan fingerprint density at radius 1 is 1.22 bits per heavy atom. The van der Waals surface area contributed by atoms with Gasteiger partial charge in [0.05, 0.1) is 17.4 Å². The summed E-state index contributed by atoms with van der Waals surface area (Å²) in [6, 6.07) is 10.6. The molecule has 0 atom stereocenters. The second-order valence-electron chi connectivity index (χ2n) is 3.73. The van der Waals surface area contributed by atoms with Crippen molar-refractivity contribution < 1.29 is 9.90 Å². The number of rotatable bonds is 4. The number of carbonyl (C=O) groups is 1. The lowest BCUT2D eigenvalue weighted by Gasteiger charge is -2.06. The Labute approximate surface area is 113 Å². The normalized spacial score (nSPS) is 10.1. The molecule has 4 nitrogen and oxygen atoms in total. The summed E-state index contributed by atoms with van der Waals surface area (Å²) in [7, 11) is 0. The fraction of sp³-hybridized carbons (Fsp3) is 0.0769. The van der Waals surface area contributed by atoms with Crippen LogP contribution in [0.1, 0.15) is 15.9 Å². The lowest BCUT2D eigenvalue weighted by molar-refractivity contribution is 0.0697. The molecule has 0 bridgehead atoms. The molecule has 18 heavy (non-hydrogen) atoms. The van der Waals surface area contributed by atoms with Crippen molar-refractivity contribution in [1.82, 2.24) is 4.98 Å². The third-order valence-electron chi connectivity index (χ3n) is 2.42. The van der Waals surface area contributed by atoms with Gasteiger partial charge < -0.3 is 10.4 Å². The Balaban J connectivity index is 1.97. The predicted molar refractivity (Wildman–Crippen MR) is 72.7 cm³/mol. The Morgan fingerprint density at radius 3 is 2.50 bits per heavy atom. The zero-order chi connectivity index (χ0) is 13.0. The zero-order valence-electron chi connectivity index (χ0n) is 9.43. The Hall–Kier alpha value is -1.88. The van der Waals surface area contributed by atoms with E-state index in [1.165, 1.54) is 0 Å². The standard InChI is InChI=1S/C13H11BrN2O2/c14-12-6-5-11(8-16-12)15-7-9-1-3-10(4-2-9)13(17)18/h1-6,8,15H,7H2,(H,17,18). The average molecular weight is 307 g/mol. The summed E-state index contributed by atoms with van der Waals surface area (Å²) in [5, 5.41) is 12.0. The van der Waals surface area contributed by atoms with Gasteiger partial charge in [0, 0.05) is 6.54 Å². The largest absolute Gasteiger partial charge is 0.478 e. The second kappa shape index (κ2) is 5.64. The molecule has 2 rings (SSSR count). The number of hydrogen-bond donors (Lipinski definition) is 2. The highest BCUT2D eigenvalue weighted by atomic mass is 79.9. The van der Waals surface area contributed by atoms with Crippen LogP contribution < -0.4 is 5.32 Å². The van der Waals surface area contributed by atoms with E-state index in [0.29, 0.717) is 12.1 Å². The van der Waals surface area contributed by atoms with E-state index in [9.17, 15) is 4.79 Å². The molecule has 0 radical (unpaired) electrons. The molecular formula is C13H11BrN2O2. The van der Waals surface area contributed by atoms with Gasteiger partial charge in [-0.2, -0.15) is 0 Å². The first kappa shape index (κ1) is 12.6. The van der Waals surface area contributed by atoms with Crippen LogP contribution in [0, 0.1) is 0 Å². The topological polar surface area (TPSA) is 62.2 Å². The van der Waals surface area contributed by atoms with Gasteiger partial charge in [-0.1, -0.05) is 12.1 Å². The van der Waals surface area contributed by atoms with Crippen molar-refractivity contribution in [3.8, 4) is 0 Å². The first-order valence-corrected chi connectivity index (χ1v) is 6.12. The van der Waals surface area contributed by atoms with Crippen LogP contribution in [0.15, 0.2) is 47.2 Å². The first-order valence-electron chi connectivity index (χ1n) is 5.33. The van der Waals surface area contributed by atoms with E-state index in [1.54, 1.807) is 30.5 Å². The monoisotopic (exact) mass is 306 g/mol. The molecule has 2 aromatic rings. The highest BCUT2D eigenvalue weighted by molar-refractivity contribution is 9.10. The van der Waals surface area contributed by atoms with Gasteiger partial charge in [-0.3, -0.25) is 0 Å². The molecule has 1 heterocycles. The molecule has 0 fully saturated rings. The number of anilines is 1. The van der Waals surface area contributed by atoms with Crippen LogP contribution in [0.4, 0.5) is 5.69 Å². The fourth-order valence-corrected chi connectivity index (χ4v) is 1.68. The molecule has 1 aromatic carbocycles. The zero-order valence-corrected chi connectivity index (χ0v) is 11.0. The van der Waals surface area contributed by atoms with E-state index < -0.39 is 5.97 Å². The highest BCUT2D eigenvalue weighted by Crippen LogP contribution is 2.12. The van der Waals surface area contributed by atoms with Crippen LogP contribution in [0.5, 0.6) is 0 Å². The Morgan fingerprint density at radius 2 is 1.94 bits per heavy atom. The van der Waals surface area contributed by atoms with E-state index in [0.717, 1.165) is 15.9 Å². The van der Waals surface area contributed by atoms with Crippen LogP contribution in [0.25, 0.3) is 0 Å². The van der Waals surface area contributed by atoms with Gasteiger partial charge in [0.25, 0.3) is 0 Å². The van der Waals surface area contributed by atoms with E-state index in [4.69, 9.17) is 5.11 Å². The summed E-state index contributed by atoms with van der Waals surface area (Å²) >= 11 is 3.27. The molecule has 2 N–H and O–H groups in total. The van der Waals surface area contributed by atoms with Crippen molar-refractivity contribution >= 4 is 27.6 Å². The third-order valence-corrected chi connectivity index (χ3v) is 2.89. The van der Waals surface area contributed by atoms with Gasteiger partial charge in [-0.25, -0.2) is 9.78 Å². The minimum absolute atomic E-state index is 0.295. The molecule has 0 saturated carbocycles. The van der Waals surface area contributed by atoms with Crippen LogP contribution in [0.2, 0.25) is 0 Å². The van der Waals surface area contributed by atoms with E-state index in [2.05, 4.69) is 26.2 Å². The van der Waals surface area contributed by atoms with Crippen LogP contribution in [-0.2, 0) is 6.54 Å². The summed E-state index contributed by atoms with van der Waals surface area (Å²) in [5.41, 5.74) is 2.23. The van der Waals surface area contributed by atoms with Gasteiger partial charge in [-0.05, 0) is 45.8 Å². The molecule has 0 aliphatic rings. The average Bonchev–Trinajstić information content (AvgIpc) is 2.38. The van der Waals surface area contributed by atoms with Gasteiger partial charge >= 0.3 is 5.97 Å². The quantitative estimate of drug-likeness (QED) is 0.852. The number of nitrogens with one attached hydrogen (secondary N) is 1. The minimum Gasteiger partial charge on any atom is -0.478 e. The maximum atomic E-state index is 10.7. The lowest BCUT2D eigenvalue weighted by Crippen LogP contribution is -2.01. The molecule has 0 aliphatic heterocycles. The number of benzene rings is 1. The maximum Gasteiger partial charge on any atom is 0.335 e. The van der Waals surface area contributed by atoms with Gasteiger partial charge in [0.1, 0.15) is 4.60 Å². The van der Waals surface area contributed by atoms with Gasteiger partial charge in [0.15, 0.2) is 0 Å². The van der Waals surface area contributed by atoms with Crippen molar-refractivity contribution in [3.63, 3.8) is 0 Å². The second-order valence-corrected chi connectivity index (χ2v) is 4.54. The highest BCUT2D eigenvalue weighted by Gasteiger charge is 2.01. The van der Waals surface area contributed by atoms with Crippen molar-refractivity contribution in [2.75, 3.05) is 5.32 Å². The molecule has 0 aliphatic carbocycles. The van der Waals surface area contributed by atoms with Crippen LogP contribution in [0.3, 0.4) is 0 Å². The Bertz CT molecular complexity index is 538. The van der Waals surface area contributed by atoms with Gasteiger partial charge in [0.2, 0.25) is 0 Å². The van der Waals surface area contributed by atoms with Crippen molar-refractivity contribution in [1.29, 1.82) is 0 Å².